The van der Waals surface area contributed by atoms with Crippen LogP contribution in [0.1, 0.15) is 13.8 Å². The van der Waals surface area contributed by atoms with Crippen LogP contribution in [0.4, 0.5) is 5.82 Å². The Labute approximate surface area is 175 Å². The number of anilines is 1. The number of rotatable bonds is 9. The van der Waals surface area contributed by atoms with E-state index in [1.54, 1.807) is 17.2 Å². The van der Waals surface area contributed by atoms with E-state index in [1.165, 1.54) is 4.90 Å². The van der Waals surface area contributed by atoms with Crippen LogP contribution in [0.15, 0.2) is 52.7 Å². The van der Waals surface area contributed by atoms with E-state index in [0.717, 1.165) is 42.4 Å². The van der Waals surface area contributed by atoms with E-state index in [9.17, 15) is 0 Å². The van der Waals surface area contributed by atoms with Gasteiger partial charge in [0.05, 0.1) is 18.1 Å². The number of aliphatic imine (C=N–C) groups is 1. The maximum atomic E-state index is 4.71. The highest BCUT2D eigenvalue weighted by atomic mass is 32.2. The lowest BCUT2D eigenvalue weighted by Crippen LogP contribution is -2.40. The van der Waals surface area contributed by atoms with Crippen molar-refractivity contribution in [2.24, 2.45) is 12.0 Å². The third-order valence-electron chi connectivity index (χ3n) is 4.17. The van der Waals surface area contributed by atoms with E-state index in [4.69, 9.17) is 4.99 Å². The molecular weight excluding hydrogens is 384 g/mol. The molecule has 0 saturated carbocycles. The Balaban J connectivity index is 1.48. The molecule has 0 aliphatic heterocycles. The number of fused-ring (bicyclic) bond motifs is 1. The number of aromatic nitrogens is 4. The monoisotopic (exact) mass is 412 g/mol. The van der Waals surface area contributed by atoms with E-state index in [0.29, 0.717) is 11.8 Å². The molecule has 0 spiro atoms. The first-order valence-corrected chi connectivity index (χ1v) is 10.7. The van der Waals surface area contributed by atoms with Crippen molar-refractivity contribution in [2.75, 3.05) is 31.5 Å². The van der Waals surface area contributed by atoms with Crippen LogP contribution in [0.5, 0.6) is 0 Å². The summed E-state index contributed by atoms with van der Waals surface area (Å²) in [6, 6.07) is 10.4. The average molecular weight is 413 g/mol. The van der Waals surface area contributed by atoms with Gasteiger partial charge in [0.25, 0.3) is 0 Å². The molecule has 3 aromatic rings. The van der Waals surface area contributed by atoms with Crippen LogP contribution in [0.25, 0.3) is 11.0 Å². The van der Waals surface area contributed by atoms with Crippen molar-refractivity contribution in [2.45, 2.75) is 24.0 Å². The van der Waals surface area contributed by atoms with Gasteiger partial charge in [0, 0.05) is 36.8 Å². The Kier molecular flexibility index (Phi) is 7.69. The first-order chi connectivity index (χ1) is 14.2. The second-order valence-corrected chi connectivity index (χ2v) is 8.05. The van der Waals surface area contributed by atoms with Gasteiger partial charge in [-0.1, -0.05) is 25.1 Å². The molecule has 0 amide bonds. The lowest BCUT2D eigenvalue weighted by atomic mass is 10.4. The summed E-state index contributed by atoms with van der Waals surface area (Å²) in [5.41, 5.74) is 0.815. The maximum absolute atomic E-state index is 4.71. The highest BCUT2D eigenvalue weighted by Gasteiger charge is 2.07. The van der Waals surface area contributed by atoms with Crippen molar-refractivity contribution in [1.29, 1.82) is 0 Å². The fourth-order valence-corrected chi connectivity index (χ4v) is 3.72. The molecule has 3 N–H and O–H groups in total. The van der Waals surface area contributed by atoms with E-state index >= 15 is 0 Å². The van der Waals surface area contributed by atoms with Gasteiger partial charge in [-0.25, -0.2) is 9.97 Å². The van der Waals surface area contributed by atoms with Crippen LogP contribution in [0.3, 0.4) is 0 Å². The summed E-state index contributed by atoms with van der Waals surface area (Å²) in [5, 5.41) is 15.6. The molecule has 9 heteroatoms. The van der Waals surface area contributed by atoms with Crippen molar-refractivity contribution >= 4 is 34.6 Å². The number of thioether (sulfide) groups is 1. The molecule has 3 rings (SSSR count). The van der Waals surface area contributed by atoms with Crippen LogP contribution in [-0.2, 0) is 7.05 Å². The fraction of sp³-hybridized carbons (Fsp3) is 0.400. The lowest BCUT2D eigenvalue weighted by Gasteiger charge is -2.14. The minimum absolute atomic E-state index is 0.394. The molecule has 154 valence electrons. The van der Waals surface area contributed by atoms with Gasteiger partial charge < -0.3 is 16.0 Å². The van der Waals surface area contributed by atoms with Crippen molar-refractivity contribution in [1.82, 2.24) is 30.4 Å². The van der Waals surface area contributed by atoms with Crippen LogP contribution in [0.2, 0.25) is 0 Å². The van der Waals surface area contributed by atoms with Crippen LogP contribution in [0, 0.1) is 0 Å². The molecule has 0 bridgehead atoms. The molecule has 2 heterocycles. The Hall–Kier alpha value is -2.81. The minimum atomic E-state index is 0.394. The molecular formula is C20H28N8S. The second-order valence-electron chi connectivity index (χ2n) is 6.54. The Morgan fingerprint density at radius 1 is 1.17 bits per heavy atom. The normalized spacial score (nSPS) is 12.7. The Morgan fingerprint density at radius 3 is 2.79 bits per heavy atom. The maximum Gasteiger partial charge on any atom is 0.191 e. The number of benzene rings is 1. The SMILES string of the molecule is CCNC(=NCC(C)Sc1ccccc1)NCCNc1ncnc2c1cnn2C. The van der Waals surface area contributed by atoms with Crippen LogP contribution >= 0.6 is 11.8 Å². The van der Waals surface area contributed by atoms with Crippen LogP contribution in [-0.4, -0.2) is 57.1 Å². The largest absolute Gasteiger partial charge is 0.368 e. The zero-order chi connectivity index (χ0) is 20.5. The van der Waals surface area contributed by atoms with Gasteiger partial charge in [-0.3, -0.25) is 9.67 Å². The number of hydrogen-bond donors (Lipinski definition) is 3. The average Bonchev–Trinajstić information content (AvgIpc) is 3.12. The zero-order valence-electron chi connectivity index (χ0n) is 17.1. The molecule has 1 aromatic carbocycles. The first kappa shape index (κ1) is 20.9. The molecule has 29 heavy (non-hydrogen) atoms. The third kappa shape index (κ3) is 6.08. The molecule has 0 radical (unpaired) electrons. The summed E-state index contributed by atoms with van der Waals surface area (Å²) in [4.78, 5) is 14.6. The highest BCUT2D eigenvalue weighted by molar-refractivity contribution is 8.00. The summed E-state index contributed by atoms with van der Waals surface area (Å²) in [6.07, 6.45) is 3.33. The zero-order valence-corrected chi connectivity index (χ0v) is 17.9. The van der Waals surface area contributed by atoms with Gasteiger partial charge in [-0.05, 0) is 19.1 Å². The van der Waals surface area contributed by atoms with Crippen molar-refractivity contribution < 1.29 is 0 Å². The summed E-state index contributed by atoms with van der Waals surface area (Å²) >= 11 is 1.84. The molecule has 1 unspecified atom stereocenters. The molecule has 0 aliphatic rings. The molecule has 0 saturated heterocycles. The standard InChI is InChI=1S/C20H28N8S/c1-4-21-20(24-12-15(2)29-16-8-6-5-7-9-16)23-11-10-22-18-17-13-27-28(3)19(17)26-14-25-18/h5-9,13-15H,4,10-12H2,1-3H3,(H2,21,23,24)(H,22,25,26). The number of nitrogens with one attached hydrogen (secondary N) is 3. The summed E-state index contributed by atoms with van der Waals surface area (Å²) in [6.45, 7) is 7.25. The van der Waals surface area contributed by atoms with E-state index in [1.807, 2.05) is 24.9 Å². The van der Waals surface area contributed by atoms with E-state index in [2.05, 4.69) is 69.1 Å². The molecule has 1 atom stereocenters. The summed E-state index contributed by atoms with van der Waals surface area (Å²) < 4.78 is 1.74. The highest BCUT2D eigenvalue weighted by Crippen LogP contribution is 2.22. The first-order valence-electron chi connectivity index (χ1n) is 9.78. The predicted molar refractivity (Wildman–Crippen MR) is 121 cm³/mol. The summed E-state index contributed by atoms with van der Waals surface area (Å²) in [7, 11) is 1.87. The summed E-state index contributed by atoms with van der Waals surface area (Å²) in [5.74, 6) is 1.61. The lowest BCUT2D eigenvalue weighted by molar-refractivity contribution is 0.785. The van der Waals surface area contributed by atoms with Gasteiger partial charge in [-0.15, -0.1) is 11.8 Å². The fourth-order valence-electron chi connectivity index (χ4n) is 2.79. The van der Waals surface area contributed by atoms with Gasteiger partial charge in [0.2, 0.25) is 0 Å². The van der Waals surface area contributed by atoms with Gasteiger partial charge in [-0.2, -0.15) is 5.10 Å². The van der Waals surface area contributed by atoms with Crippen molar-refractivity contribution in [3.8, 4) is 0 Å². The van der Waals surface area contributed by atoms with Crippen molar-refractivity contribution in [3.63, 3.8) is 0 Å². The number of aryl methyl sites for hydroxylation is 1. The second kappa shape index (κ2) is 10.7. The quantitative estimate of drug-likeness (QED) is 0.215. The number of guanidine groups is 1. The predicted octanol–water partition coefficient (Wildman–Crippen LogP) is 2.51. The third-order valence-corrected chi connectivity index (χ3v) is 5.27. The minimum Gasteiger partial charge on any atom is -0.368 e. The van der Waals surface area contributed by atoms with Crippen LogP contribution < -0.4 is 16.0 Å². The van der Waals surface area contributed by atoms with Crippen molar-refractivity contribution in [3.05, 3.63) is 42.9 Å². The van der Waals surface area contributed by atoms with Gasteiger partial charge >= 0.3 is 0 Å². The molecule has 2 aromatic heterocycles. The molecule has 0 aliphatic carbocycles. The topological polar surface area (TPSA) is 92.1 Å². The smallest absolute Gasteiger partial charge is 0.191 e. The Bertz CT molecular complexity index is 925. The van der Waals surface area contributed by atoms with Gasteiger partial charge in [0.1, 0.15) is 12.1 Å². The number of nitrogens with zero attached hydrogens (tertiary/aromatic N) is 5. The number of hydrogen-bond acceptors (Lipinski definition) is 6. The van der Waals surface area contributed by atoms with Gasteiger partial charge in [0.15, 0.2) is 11.6 Å². The molecule has 0 fully saturated rings. The molecule has 8 nitrogen and oxygen atoms in total. The van der Waals surface area contributed by atoms with E-state index < -0.39 is 0 Å². The Morgan fingerprint density at radius 2 is 2.00 bits per heavy atom. The van der Waals surface area contributed by atoms with E-state index in [-0.39, 0.29) is 0 Å².